The quantitative estimate of drug-likeness (QED) is 0.306. The Kier molecular flexibility index (Phi) is 8.34. The number of rotatable bonds is 9. The summed E-state index contributed by atoms with van der Waals surface area (Å²) in [6, 6.07) is 17.1. The molecule has 1 aliphatic heterocycles. The minimum Gasteiger partial charge on any atom is -0.493 e. The topological polar surface area (TPSA) is 80.2 Å². The number of ether oxygens (including phenoxy) is 2. The average Bonchev–Trinajstić information content (AvgIpc) is 3.65. The third kappa shape index (κ3) is 6.05. The number of hydrogen-bond donors (Lipinski definition) is 1. The highest BCUT2D eigenvalue weighted by Crippen LogP contribution is 2.36. The van der Waals surface area contributed by atoms with E-state index in [9.17, 15) is 9.59 Å². The summed E-state index contributed by atoms with van der Waals surface area (Å²) in [6.07, 6.45) is 5.45. The van der Waals surface area contributed by atoms with Gasteiger partial charge in [-0.1, -0.05) is 36.9 Å². The molecule has 1 fully saturated rings. The number of thioether (sulfide) groups is 1. The number of hydrazone groups is 1. The summed E-state index contributed by atoms with van der Waals surface area (Å²) in [4.78, 5) is 26.1. The second-order valence-electron chi connectivity index (χ2n) is 9.35. The van der Waals surface area contributed by atoms with Gasteiger partial charge in [-0.3, -0.25) is 9.59 Å². The molecule has 1 N–H and O–H groups in total. The lowest BCUT2D eigenvalue weighted by Gasteiger charge is -2.29. The van der Waals surface area contributed by atoms with Crippen LogP contribution in [0.4, 0.5) is 10.5 Å². The van der Waals surface area contributed by atoms with Gasteiger partial charge in [-0.25, -0.2) is 5.01 Å². The molecule has 38 heavy (non-hydrogen) atoms. The third-order valence-corrected chi connectivity index (χ3v) is 8.80. The van der Waals surface area contributed by atoms with Crippen LogP contribution in [0.25, 0.3) is 0 Å². The third-order valence-electron chi connectivity index (χ3n) is 6.68. The Morgan fingerprint density at radius 1 is 1.11 bits per heavy atom. The number of carbonyl (C=O) groups excluding carboxylic acids is 2. The van der Waals surface area contributed by atoms with Crippen LogP contribution in [0, 0.1) is 0 Å². The summed E-state index contributed by atoms with van der Waals surface area (Å²) >= 11 is 2.69. The molecule has 0 radical (unpaired) electrons. The number of nitrogens with zero attached hydrogens (tertiary/aromatic N) is 2. The number of anilines is 1. The molecule has 7 nitrogen and oxygen atoms in total. The van der Waals surface area contributed by atoms with Gasteiger partial charge in [0.1, 0.15) is 0 Å². The minimum atomic E-state index is -0.150. The first-order valence-corrected chi connectivity index (χ1v) is 14.7. The summed E-state index contributed by atoms with van der Waals surface area (Å²) in [5.74, 6) is 1.27. The number of methoxy groups -OCH3 is 1. The zero-order chi connectivity index (χ0) is 26.5. The SMILES string of the molecule is CCC1SC(=O)N(Cc2cccc(NC(=O)c3cccs3)c2)N=C1c1ccc(OC)c(OC2CCCC2)c1. The molecule has 1 saturated carbocycles. The molecular weight excluding hydrogens is 518 g/mol. The summed E-state index contributed by atoms with van der Waals surface area (Å²) in [6.45, 7) is 2.37. The van der Waals surface area contributed by atoms with Gasteiger partial charge >= 0.3 is 5.24 Å². The molecule has 2 heterocycles. The zero-order valence-electron chi connectivity index (χ0n) is 21.5. The van der Waals surface area contributed by atoms with E-state index in [0.717, 1.165) is 41.9 Å². The van der Waals surface area contributed by atoms with Crippen LogP contribution in [0.2, 0.25) is 0 Å². The van der Waals surface area contributed by atoms with Gasteiger partial charge in [0.25, 0.3) is 5.91 Å². The zero-order valence-corrected chi connectivity index (χ0v) is 23.1. The Bertz CT molecular complexity index is 1320. The van der Waals surface area contributed by atoms with Crippen molar-refractivity contribution in [3.05, 3.63) is 76.0 Å². The van der Waals surface area contributed by atoms with Crippen LogP contribution in [0.5, 0.6) is 11.5 Å². The predicted molar refractivity (Wildman–Crippen MR) is 154 cm³/mol. The van der Waals surface area contributed by atoms with Gasteiger partial charge in [0.2, 0.25) is 0 Å². The van der Waals surface area contributed by atoms with Crippen molar-refractivity contribution in [1.29, 1.82) is 0 Å². The molecule has 1 aromatic heterocycles. The Morgan fingerprint density at radius 2 is 1.95 bits per heavy atom. The Labute approximate surface area is 231 Å². The summed E-state index contributed by atoms with van der Waals surface area (Å²) in [5, 5.41) is 11.0. The molecule has 5 rings (SSSR count). The molecule has 1 atom stereocenters. The smallest absolute Gasteiger partial charge is 0.302 e. The number of hydrogen-bond acceptors (Lipinski definition) is 7. The lowest BCUT2D eigenvalue weighted by Crippen LogP contribution is -2.34. The van der Waals surface area contributed by atoms with Crippen LogP contribution >= 0.6 is 23.1 Å². The van der Waals surface area contributed by atoms with Crippen molar-refractivity contribution in [2.75, 3.05) is 12.4 Å². The summed E-state index contributed by atoms with van der Waals surface area (Å²) in [5.41, 5.74) is 3.32. The van der Waals surface area contributed by atoms with Crippen molar-refractivity contribution < 1.29 is 19.1 Å². The van der Waals surface area contributed by atoms with E-state index >= 15 is 0 Å². The van der Waals surface area contributed by atoms with Gasteiger partial charge in [-0.05, 0) is 79.4 Å². The van der Waals surface area contributed by atoms with E-state index in [2.05, 4.69) is 12.2 Å². The standard InChI is InChI=1S/C29H31N3O4S2/c1-3-25-27(20-13-14-23(35-2)24(17-20)36-22-10-4-5-11-22)31-32(29(34)38-25)18-19-8-6-9-21(16-19)30-28(33)26-12-7-15-37-26/h6-9,12-17,22,25H,3-5,10-11,18H2,1-2H3,(H,30,33). The van der Waals surface area contributed by atoms with Crippen molar-refractivity contribution in [3.63, 3.8) is 0 Å². The fourth-order valence-electron chi connectivity index (χ4n) is 4.73. The number of amides is 2. The molecule has 0 saturated heterocycles. The molecule has 0 bridgehead atoms. The molecule has 2 aliphatic rings. The first-order valence-electron chi connectivity index (χ1n) is 12.9. The van der Waals surface area contributed by atoms with E-state index in [4.69, 9.17) is 14.6 Å². The van der Waals surface area contributed by atoms with Crippen LogP contribution < -0.4 is 14.8 Å². The minimum absolute atomic E-state index is 0.0529. The van der Waals surface area contributed by atoms with Crippen molar-refractivity contribution in [2.45, 2.75) is 56.9 Å². The fourth-order valence-corrected chi connectivity index (χ4v) is 6.28. The maximum absolute atomic E-state index is 13.0. The van der Waals surface area contributed by atoms with Gasteiger partial charge < -0.3 is 14.8 Å². The Balaban J connectivity index is 1.38. The van der Waals surface area contributed by atoms with Crippen molar-refractivity contribution in [1.82, 2.24) is 5.01 Å². The molecule has 9 heteroatoms. The van der Waals surface area contributed by atoms with E-state index in [-0.39, 0.29) is 22.5 Å². The number of nitrogens with one attached hydrogen (secondary N) is 1. The molecular formula is C29H31N3O4S2. The van der Waals surface area contributed by atoms with Gasteiger partial charge in [0.05, 0.1) is 35.6 Å². The normalized spacial score (nSPS) is 17.8. The predicted octanol–water partition coefficient (Wildman–Crippen LogP) is 7.18. The first-order chi connectivity index (χ1) is 18.5. The van der Waals surface area contributed by atoms with E-state index in [1.807, 2.05) is 53.9 Å². The van der Waals surface area contributed by atoms with Gasteiger partial charge in [-0.2, -0.15) is 5.10 Å². The van der Waals surface area contributed by atoms with Crippen LogP contribution in [-0.2, 0) is 6.54 Å². The van der Waals surface area contributed by atoms with E-state index in [1.165, 1.54) is 40.9 Å². The van der Waals surface area contributed by atoms with E-state index < -0.39 is 0 Å². The molecule has 2 amide bonds. The maximum atomic E-state index is 13.0. The number of carbonyl (C=O) groups is 2. The highest BCUT2D eigenvalue weighted by Gasteiger charge is 2.31. The second kappa shape index (κ2) is 12.0. The highest BCUT2D eigenvalue weighted by atomic mass is 32.2. The van der Waals surface area contributed by atoms with Crippen LogP contribution in [0.1, 0.15) is 59.8 Å². The van der Waals surface area contributed by atoms with Crippen LogP contribution in [0.3, 0.4) is 0 Å². The largest absolute Gasteiger partial charge is 0.493 e. The van der Waals surface area contributed by atoms with Gasteiger partial charge in [-0.15, -0.1) is 11.3 Å². The second-order valence-corrected chi connectivity index (χ2v) is 11.4. The van der Waals surface area contributed by atoms with Gasteiger partial charge in [0.15, 0.2) is 11.5 Å². The maximum Gasteiger partial charge on any atom is 0.302 e. The van der Waals surface area contributed by atoms with E-state index in [0.29, 0.717) is 22.9 Å². The Hall–Kier alpha value is -3.30. The molecule has 0 spiro atoms. The van der Waals surface area contributed by atoms with Crippen LogP contribution in [-0.4, -0.2) is 40.3 Å². The molecule has 1 aliphatic carbocycles. The summed E-state index contributed by atoms with van der Waals surface area (Å²) in [7, 11) is 1.65. The van der Waals surface area contributed by atoms with E-state index in [1.54, 1.807) is 13.2 Å². The molecule has 3 aromatic rings. The Morgan fingerprint density at radius 3 is 2.68 bits per heavy atom. The lowest BCUT2D eigenvalue weighted by molar-refractivity contribution is 0.103. The molecule has 1 unspecified atom stereocenters. The fraction of sp³-hybridized carbons (Fsp3) is 0.345. The number of thiophene rings is 1. The van der Waals surface area contributed by atoms with Crippen molar-refractivity contribution in [2.24, 2.45) is 5.10 Å². The summed E-state index contributed by atoms with van der Waals surface area (Å²) < 4.78 is 11.9. The molecule has 198 valence electrons. The molecule has 2 aromatic carbocycles. The number of benzene rings is 2. The van der Waals surface area contributed by atoms with Crippen LogP contribution in [0.15, 0.2) is 65.1 Å². The average molecular weight is 550 g/mol. The van der Waals surface area contributed by atoms with Gasteiger partial charge in [0, 0.05) is 11.3 Å². The lowest BCUT2D eigenvalue weighted by atomic mass is 10.0. The van der Waals surface area contributed by atoms with Crippen molar-refractivity contribution in [3.8, 4) is 11.5 Å². The first kappa shape index (κ1) is 26.3. The monoisotopic (exact) mass is 549 g/mol. The highest BCUT2D eigenvalue weighted by molar-refractivity contribution is 8.14. The van der Waals surface area contributed by atoms with Crippen molar-refractivity contribution >= 4 is 45.6 Å².